The zero-order valence-electron chi connectivity index (χ0n) is 10.1. The number of hydrogen-bond donors (Lipinski definition) is 1. The molecule has 1 unspecified atom stereocenters. The molecule has 18 heavy (non-hydrogen) atoms. The minimum Gasteiger partial charge on any atom is -0.322 e. The summed E-state index contributed by atoms with van der Waals surface area (Å²) in [4.78, 5) is 23.5. The van der Waals surface area contributed by atoms with Crippen LogP contribution in [0.5, 0.6) is 0 Å². The first-order chi connectivity index (χ1) is 8.59. The number of rotatable bonds is 3. The molecule has 2 rings (SSSR count). The van der Waals surface area contributed by atoms with Gasteiger partial charge in [0, 0.05) is 25.4 Å². The highest BCUT2D eigenvalue weighted by Gasteiger charge is 2.10. The molecule has 0 aliphatic heterocycles. The molecule has 5 nitrogen and oxygen atoms in total. The first-order valence-corrected chi connectivity index (χ1v) is 5.66. The van der Waals surface area contributed by atoms with Crippen LogP contribution in [-0.2, 0) is 13.6 Å². The van der Waals surface area contributed by atoms with Gasteiger partial charge in [-0.3, -0.25) is 9.36 Å². The van der Waals surface area contributed by atoms with Gasteiger partial charge in [-0.25, -0.2) is 4.79 Å². The fraction of sp³-hybridized carbons (Fsp3) is 0.231. The second kappa shape index (κ2) is 5.01. The summed E-state index contributed by atoms with van der Waals surface area (Å²) >= 11 is 0. The van der Waals surface area contributed by atoms with Gasteiger partial charge in [-0.1, -0.05) is 30.3 Å². The van der Waals surface area contributed by atoms with E-state index >= 15 is 0 Å². The fourth-order valence-electron chi connectivity index (χ4n) is 1.78. The highest BCUT2D eigenvalue weighted by molar-refractivity contribution is 5.18. The standard InChI is InChI=1S/C13H15N3O2/c1-15-8-7-12(17)16(13(15)18)9-11(14)10-5-3-2-4-6-10/h2-8,11H,9,14H2,1H3. The van der Waals surface area contributed by atoms with Crippen LogP contribution in [0.25, 0.3) is 0 Å². The van der Waals surface area contributed by atoms with Gasteiger partial charge >= 0.3 is 5.69 Å². The lowest BCUT2D eigenvalue weighted by Gasteiger charge is -2.13. The molecule has 0 saturated heterocycles. The largest absolute Gasteiger partial charge is 0.330 e. The van der Waals surface area contributed by atoms with E-state index in [2.05, 4.69) is 0 Å². The molecule has 2 N–H and O–H groups in total. The molecule has 0 amide bonds. The van der Waals surface area contributed by atoms with Crippen LogP contribution in [0.4, 0.5) is 0 Å². The highest BCUT2D eigenvalue weighted by atomic mass is 16.2. The zero-order valence-corrected chi connectivity index (χ0v) is 10.1. The van der Waals surface area contributed by atoms with E-state index < -0.39 is 0 Å². The summed E-state index contributed by atoms with van der Waals surface area (Å²) in [5.41, 5.74) is 6.22. The molecular formula is C13H15N3O2. The Kier molecular flexibility index (Phi) is 3.43. The molecule has 0 aliphatic carbocycles. The van der Waals surface area contributed by atoms with Crippen molar-refractivity contribution in [2.45, 2.75) is 12.6 Å². The lowest BCUT2D eigenvalue weighted by Crippen LogP contribution is -2.40. The molecule has 0 bridgehead atoms. The SMILES string of the molecule is Cn1ccc(=O)n(CC(N)c2ccccc2)c1=O. The average molecular weight is 245 g/mol. The van der Waals surface area contributed by atoms with E-state index in [0.717, 1.165) is 10.1 Å². The first kappa shape index (κ1) is 12.3. The van der Waals surface area contributed by atoms with Crippen molar-refractivity contribution in [3.8, 4) is 0 Å². The van der Waals surface area contributed by atoms with Gasteiger partial charge in [-0.15, -0.1) is 0 Å². The molecule has 0 radical (unpaired) electrons. The normalized spacial score (nSPS) is 12.3. The van der Waals surface area contributed by atoms with E-state index in [-0.39, 0.29) is 23.8 Å². The van der Waals surface area contributed by atoms with Crippen molar-refractivity contribution in [3.05, 3.63) is 69.0 Å². The van der Waals surface area contributed by atoms with Gasteiger partial charge in [0.25, 0.3) is 5.56 Å². The quantitative estimate of drug-likeness (QED) is 0.842. The number of benzene rings is 1. The fourth-order valence-corrected chi connectivity index (χ4v) is 1.78. The number of aromatic nitrogens is 2. The van der Waals surface area contributed by atoms with Crippen LogP contribution in [0.15, 0.2) is 52.2 Å². The van der Waals surface area contributed by atoms with Gasteiger partial charge < -0.3 is 10.3 Å². The maximum Gasteiger partial charge on any atom is 0.330 e. The Morgan fingerprint density at radius 1 is 1.17 bits per heavy atom. The van der Waals surface area contributed by atoms with Crippen molar-refractivity contribution in [3.63, 3.8) is 0 Å². The van der Waals surface area contributed by atoms with Crippen molar-refractivity contribution in [1.82, 2.24) is 9.13 Å². The number of hydrogen-bond acceptors (Lipinski definition) is 3. The number of nitrogens with zero attached hydrogens (tertiary/aromatic N) is 2. The van der Waals surface area contributed by atoms with Crippen molar-refractivity contribution in [2.24, 2.45) is 12.8 Å². The topological polar surface area (TPSA) is 70.0 Å². The minimum absolute atomic E-state index is 0.177. The Hall–Kier alpha value is -2.14. The lowest BCUT2D eigenvalue weighted by atomic mass is 10.1. The molecule has 1 atom stereocenters. The van der Waals surface area contributed by atoms with Gasteiger partial charge in [0.15, 0.2) is 0 Å². The summed E-state index contributed by atoms with van der Waals surface area (Å²) < 4.78 is 2.51. The Morgan fingerprint density at radius 2 is 1.83 bits per heavy atom. The molecule has 0 spiro atoms. The summed E-state index contributed by atoms with van der Waals surface area (Å²) in [6, 6.07) is 10.4. The Labute approximate surface area is 104 Å². The number of aryl methyl sites for hydroxylation is 1. The van der Waals surface area contributed by atoms with Crippen LogP contribution in [0.2, 0.25) is 0 Å². The zero-order chi connectivity index (χ0) is 13.1. The Balaban J connectivity index is 2.33. The molecular weight excluding hydrogens is 230 g/mol. The maximum atomic E-state index is 11.8. The molecule has 94 valence electrons. The molecule has 5 heteroatoms. The molecule has 1 aromatic heterocycles. The maximum absolute atomic E-state index is 11.8. The predicted octanol–water partition coefficient (Wildman–Crippen LogP) is 0.247. The smallest absolute Gasteiger partial charge is 0.322 e. The van der Waals surface area contributed by atoms with Crippen molar-refractivity contribution in [1.29, 1.82) is 0 Å². The van der Waals surface area contributed by atoms with Gasteiger partial charge in [0.2, 0.25) is 0 Å². The van der Waals surface area contributed by atoms with E-state index in [1.54, 1.807) is 7.05 Å². The Bertz CT molecular complexity index is 643. The third kappa shape index (κ3) is 2.41. The van der Waals surface area contributed by atoms with Crippen molar-refractivity contribution >= 4 is 0 Å². The van der Waals surface area contributed by atoms with E-state index in [1.807, 2.05) is 30.3 Å². The van der Waals surface area contributed by atoms with E-state index in [1.165, 1.54) is 16.8 Å². The average Bonchev–Trinajstić information content (AvgIpc) is 2.40. The van der Waals surface area contributed by atoms with Crippen LogP contribution in [0, 0.1) is 0 Å². The van der Waals surface area contributed by atoms with E-state index in [0.29, 0.717) is 0 Å². The second-order valence-corrected chi connectivity index (χ2v) is 4.18. The minimum atomic E-state index is -0.376. The van der Waals surface area contributed by atoms with Crippen LogP contribution in [0.1, 0.15) is 11.6 Å². The third-order valence-corrected chi connectivity index (χ3v) is 2.85. The van der Waals surface area contributed by atoms with Crippen molar-refractivity contribution < 1.29 is 0 Å². The Morgan fingerprint density at radius 3 is 2.50 bits per heavy atom. The molecule has 2 aromatic rings. The van der Waals surface area contributed by atoms with E-state index in [9.17, 15) is 9.59 Å². The van der Waals surface area contributed by atoms with E-state index in [4.69, 9.17) is 5.73 Å². The monoisotopic (exact) mass is 245 g/mol. The van der Waals surface area contributed by atoms with Crippen LogP contribution < -0.4 is 17.0 Å². The van der Waals surface area contributed by atoms with Gasteiger partial charge in [-0.05, 0) is 5.56 Å². The van der Waals surface area contributed by atoms with Crippen LogP contribution in [0.3, 0.4) is 0 Å². The van der Waals surface area contributed by atoms with Gasteiger partial charge in [0.05, 0.1) is 6.54 Å². The number of nitrogens with two attached hydrogens (primary N) is 1. The summed E-state index contributed by atoms with van der Waals surface area (Å²) in [5, 5.41) is 0. The molecule has 0 saturated carbocycles. The van der Waals surface area contributed by atoms with Crippen LogP contribution >= 0.6 is 0 Å². The molecule has 0 fully saturated rings. The first-order valence-electron chi connectivity index (χ1n) is 5.66. The summed E-state index contributed by atoms with van der Waals surface area (Å²) in [5.74, 6) is 0. The summed E-state index contributed by atoms with van der Waals surface area (Å²) in [6.07, 6.45) is 1.45. The molecule has 1 aromatic carbocycles. The van der Waals surface area contributed by atoms with Gasteiger partial charge in [-0.2, -0.15) is 0 Å². The predicted molar refractivity (Wildman–Crippen MR) is 69.3 cm³/mol. The molecule has 0 aliphatic rings. The highest BCUT2D eigenvalue weighted by Crippen LogP contribution is 2.09. The summed E-state index contributed by atoms with van der Waals surface area (Å²) in [6.45, 7) is 0.177. The summed E-state index contributed by atoms with van der Waals surface area (Å²) in [7, 11) is 1.60. The third-order valence-electron chi connectivity index (χ3n) is 2.85. The lowest BCUT2D eigenvalue weighted by molar-refractivity contribution is 0.519. The van der Waals surface area contributed by atoms with Gasteiger partial charge in [0.1, 0.15) is 0 Å². The molecule has 1 heterocycles. The van der Waals surface area contributed by atoms with Crippen molar-refractivity contribution in [2.75, 3.05) is 0 Å². The second-order valence-electron chi connectivity index (χ2n) is 4.18. The van der Waals surface area contributed by atoms with Crippen LogP contribution in [-0.4, -0.2) is 9.13 Å².